The van der Waals surface area contributed by atoms with Gasteiger partial charge < -0.3 is 9.32 Å². The molecule has 1 aromatic carbocycles. The predicted molar refractivity (Wildman–Crippen MR) is 81.0 cm³/mol. The highest BCUT2D eigenvalue weighted by Crippen LogP contribution is 2.30. The van der Waals surface area contributed by atoms with Gasteiger partial charge in [-0.25, -0.2) is 4.98 Å². The highest BCUT2D eigenvalue weighted by molar-refractivity contribution is 9.09. The first-order chi connectivity index (χ1) is 9.78. The standard InChI is InChI=1S/C15H17BrN2O2/c16-8-5-14(19)18-9-6-11(7-10-18)15-17-12-3-1-2-4-13(12)20-15/h1-4,11H,5-10H2. The van der Waals surface area contributed by atoms with E-state index < -0.39 is 0 Å². The summed E-state index contributed by atoms with van der Waals surface area (Å²) < 4.78 is 5.83. The minimum atomic E-state index is 0.234. The number of oxazole rings is 1. The largest absolute Gasteiger partial charge is 0.440 e. The van der Waals surface area contributed by atoms with E-state index in [4.69, 9.17) is 4.42 Å². The highest BCUT2D eigenvalue weighted by atomic mass is 79.9. The Morgan fingerprint density at radius 2 is 2.10 bits per heavy atom. The average molecular weight is 337 g/mol. The van der Waals surface area contributed by atoms with E-state index >= 15 is 0 Å². The predicted octanol–water partition coefficient (Wildman–Crippen LogP) is 3.32. The summed E-state index contributed by atoms with van der Waals surface area (Å²) in [4.78, 5) is 18.3. The SMILES string of the molecule is O=C(CCBr)N1CCC(c2nc3ccccc3o2)CC1. The van der Waals surface area contributed by atoms with Crippen LogP contribution in [0.3, 0.4) is 0 Å². The molecule has 0 saturated carbocycles. The lowest BCUT2D eigenvalue weighted by atomic mass is 9.96. The van der Waals surface area contributed by atoms with Crippen LogP contribution in [-0.4, -0.2) is 34.2 Å². The van der Waals surface area contributed by atoms with Gasteiger partial charge in [0.25, 0.3) is 0 Å². The van der Waals surface area contributed by atoms with Crippen LogP contribution in [0.5, 0.6) is 0 Å². The number of amides is 1. The molecule has 1 amide bonds. The van der Waals surface area contributed by atoms with Crippen molar-refractivity contribution in [2.45, 2.75) is 25.2 Å². The van der Waals surface area contributed by atoms with Crippen LogP contribution in [0.1, 0.15) is 31.1 Å². The molecular weight excluding hydrogens is 320 g/mol. The number of halogens is 1. The lowest BCUT2D eigenvalue weighted by Crippen LogP contribution is -2.38. The van der Waals surface area contributed by atoms with Crippen molar-refractivity contribution in [3.63, 3.8) is 0 Å². The monoisotopic (exact) mass is 336 g/mol. The maximum absolute atomic E-state index is 11.8. The number of carbonyl (C=O) groups excluding carboxylic acids is 1. The Balaban J connectivity index is 1.67. The van der Waals surface area contributed by atoms with E-state index in [9.17, 15) is 4.79 Å². The number of rotatable bonds is 3. The molecule has 1 saturated heterocycles. The lowest BCUT2D eigenvalue weighted by Gasteiger charge is -2.30. The van der Waals surface area contributed by atoms with Crippen molar-refractivity contribution in [3.05, 3.63) is 30.2 Å². The van der Waals surface area contributed by atoms with Crippen LogP contribution < -0.4 is 0 Å². The minimum absolute atomic E-state index is 0.234. The molecule has 0 atom stereocenters. The van der Waals surface area contributed by atoms with Gasteiger partial charge in [-0.2, -0.15) is 0 Å². The van der Waals surface area contributed by atoms with E-state index in [1.807, 2.05) is 29.2 Å². The van der Waals surface area contributed by atoms with Crippen LogP contribution in [0, 0.1) is 0 Å². The van der Waals surface area contributed by atoms with E-state index in [2.05, 4.69) is 20.9 Å². The molecule has 0 N–H and O–H groups in total. The number of piperidine rings is 1. The number of likely N-dealkylation sites (tertiary alicyclic amines) is 1. The molecule has 20 heavy (non-hydrogen) atoms. The van der Waals surface area contributed by atoms with Gasteiger partial charge in [0.05, 0.1) is 0 Å². The van der Waals surface area contributed by atoms with Gasteiger partial charge in [-0.3, -0.25) is 4.79 Å². The third-order valence-electron chi connectivity index (χ3n) is 3.82. The van der Waals surface area contributed by atoms with Crippen molar-refractivity contribution in [3.8, 4) is 0 Å². The molecule has 1 aromatic heterocycles. The van der Waals surface area contributed by atoms with Crippen LogP contribution in [0.4, 0.5) is 0 Å². The molecule has 2 heterocycles. The number of carbonyl (C=O) groups is 1. The third kappa shape index (κ3) is 2.73. The topological polar surface area (TPSA) is 46.3 Å². The van der Waals surface area contributed by atoms with Crippen LogP contribution in [0.25, 0.3) is 11.1 Å². The van der Waals surface area contributed by atoms with Crippen LogP contribution in [0.2, 0.25) is 0 Å². The van der Waals surface area contributed by atoms with Crippen LogP contribution in [0.15, 0.2) is 28.7 Å². The zero-order valence-electron chi connectivity index (χ0n) is 11.2. The maximum Gasteiger partial charge on any atom is 0.223 e. The molecule has 0 aliphatic carbocycles. The van der Waals surface area contributed by atoms with Crippen molar-refractivity contribution in [2.75, 3.05) is 18.4 Å². The normalized spacial score (nSPS) is 16.8. The summed E-state index contributed by atoms with van der Waals surface area (Å²) in [6.45, 7) is 1.60. The summed E-state index contributed by atoms with van der Waals surface area (Å²) in [6.07, 6.45) is 2.44. The summed E-state index contributed by atoms with van der Waals surface area (Å²) in [5.41, 5.74) is 1.76. The molecule has 106 valence electrons. The number of nitrogens with zero attached hydrogens (tertiary/aromatic N) is 2. The number of hydrogen-bond donors (Lipinski definition) is 0. The molecule has 0 bridgehead atoms. The van der Waals surface area contributed by atoms with Crippen LogP contribution >= 0.6 is 15.9 Å². The molecule has 0 radical (unpaired) electrons. The fourth-order valence-electron chi connectivity index (χ4n) is 2.68. The first kappa shape index (κ1) is 13.6. The van der Waals surface area contributed by atoms with Gasteiger partial charge in [-0.15, -0.1) is 0 Å². The summed E-state index contributed by atoms with van der Waals surface area (Å²) in [6, 6.07) is 7.84. The van der Waals surface area contributed by atoms with Gasteiger partial charge in [0, 0.05) is 30.8 Å². The van der Waals surface area contributed by atoms with Crippen molar-refractivity contribution in [2.24, 2.45) is 0 Å². The van der Waals surface area contributed by atoms with Gasteiger partial charge in [0.1, 0.15) is 5.52 Å². The molecular formula is C15H17BrN2O2. The first-order valence-corrected chi connectivity index (χ1v) is 8.09. The Kier molecular flexibility index (Phi) is 4.05. The molecule has 1 aliphatic heterocycles. The van der Waals surface area contributed by atoms with E-state index in [1.165, 1.54) is 0 Å². The Hall–Kier alpha value is -1.36. The van der Waals surface area contributed by atoms with Gasteiger partial charge in [-0.05, 0) is 25.0 Å². The quantitative estimate of drug-likeness (QED) is 0.807. The summed E-state index contributed by atoms with van der Waals surface area (Å²) in [5, 5.41) is 0.733. The first-order valence-electron chi connectivity index (χ1n) is 6.97. The highest BCUT2D eigenvalue weighted by Gasteiger charge is 2.26. The zero-order chi connectivity index (χ0) is 13.9. The fraction of sp³-hybridized carbons (Fsp3) is 0.467. The molecule has 1 fully saturated rings. The van der Waals surface area contributed by atoms with Gasteiger partial charge in [-0.1, -0.05) is 28.1 Å². The smallest absolute Gasteiger partial charge is 0.223 e. The number of alkyl halides is 1. The van der Waals surface area contributed by atoms with E-state index in [0.29, 0.717) is 12.3 Å². The minimum Gasteiger partial charge on any atom is -0.440 e. The fourth-order valence-corrected chi connectivity index (χ4v) is 3.02. The molecule has 3 rings (SSSR count). The lowest BCUT2D eigenvalue weighted by molar-refractivity contribution is -0.131. The number of fused-ring (bicyclic) bond motifs is 1. The average Bonchev–Trinajstić information content (AvgIpc) is 2.91. The molecule has 2 aromatic rings. The second-order valence-corrected chi connectivity index (χ2v) is 5.91. The number of aromatic nitrogens is 1. The molecule has 4 nitrogen and oxygen atoms in total. The van der Waals surface area contributed by atoms with Gasteiger partial charge in [0.2, 0.25) is 5.91 Å². The van der Waals surface area contributed by atoms with Crippen molar-refractivity contribution < 1.29 is 9.21 Å². The van der Waals surface area contributed by atoms with Crippen molar-refractivity contribution >= 4 is 32.9 Å². The Labute approximate surface area is 126 Å². The molecule has 0 unspecified atom stereocenters. The number of para-hydroxylation sites is 2. The van der Waals surface area contributed by atoms with Crippen LogP contribution in [-0.2, 0) is 4.79 Å². The third-order valence-corrected chi connectivity index (χ3v) is 4.21. The molecule has 0 spiro atoms. The van der Waals surface area contributed by atoms with Gasteiger partial charge >= 0.3 is 0 Å². The second-order valence-electron chi connectivity index (χ2n) is 5.11. The van der Waals surface area contributed by atoms with Crippen molar-refractivity contribution in [1.29, 1.82) is 0 Å². The van der Waals surface area contributed by atoms with Gasteiger partial charge in [0.15, 0.2) is 11.5 Å². The maximum atomic E-state index is 11.8. The van der Waals surface area contributed by atoms with Crippen molar-refractivity contribution in [1.82, 2.24) is 9.88 Å². The zero-order valence-corrected chi connectivity index (χ0v) is 12.8. The Morgan fingerprint density at radius 3 is 2.80 bits per heavy atom. The Morgan fingerprint density at radius 1 is 1.35 bits per heavy atom. The van der Waals surface area contributed by atoms with E-state index in [1.54, 1.807) is 0 Å². The van der Waals surface area contributed by atoms with E-state index in [-0.39, 0.29) is 5.91 Å². The van der Waals surface area contributed by atoms with E-state index in [0.717, 1.165) is 48.3 Å². The summed E-state index contributed by atoms with van der Waals surface area (Å²) in [5.74, 6) is 1.38. The summed E-state index contributed by atoms with van der Waals surface area (Å²) >= 11 is 3.31. The summed E-state index contributed by atoms with van der Waals surface area (Å²) in [7, 11) is 0. The number of hydrogen-bond acceptors (Lipinski definition) is 3. The number of benzene rings is 1. The Bertz CT molecular complexity index is 570. The second kappa shape index (κ2) is 5.95. The molecule has 1 aliphatic rings. The molecule has 5 heteroatoms.